The van der Waals surface area contributed by atoms with Crippen LogP contribution in [0.2, 0.25) is 0 Å². The highest BCUT2D eigenvalue weighted by Crippen LogP contribution is 2.50. The summed E-state index contributed by atoms with van der Waals surface area (Å²) < 4.78 is 51.9. The highest BCUT2D eigenvalue weighted by molar-refractivity contribution is 6.03. The number of fused-ring (bicyclic) bond motifs is 3. The smallest absolute Gasteiger partial charge is 0.410 e. The second-order valence-corrected chi connectivity index (χ2v) is 27.8. The molecule has 0 radical (unpaired) electrons. The lowest BCUT2D eigenvalue weighted by Crippen LogP contribution is -2.50. The van der Waals surface area contributed by atoms with Crippen molar-refractivity contribution in [3.8, 4) is 0 Å². The van der Waals surface area contributed by atoms with E-state index in [1.54, 1.807) is 34.1 Å². The van der Waals surface area contributed by atoms with Crippen LogP contribution in [-0.4, -0.2) is 129 Å². The predicted octanol–water partition coefficient (Wildman–Crippen LogP) is 12.8. The Labute approximate surface area is 528 Å². The van der Waals surface area contributed by atoms with Gasteiger partial charge in [-0.05, 0) is 193 Å². The molecule has 2 amide bonds. The lowest BCUT2D eigenvalue weighted by Gasteiger charge is -2.38. The molecule has 3 atom stereocenters. The van der Waals surface area contributed by atoms with Gasteiger partial charge in [0, 0.05) is 120 Å². The molecule has 16 heteroatoms. The number of nitrogens with zero attached hydrogens (tertiary/aromatic N) is 5. The van der Waals surface area contributed by atoms with E-state index in [9.17, 15) is 37.1 Å². The number of halogens is 3. The number of benzene rings is 6. The normalized spacial score (nSPS) is 20.1. The van der Waals surface area contributed by atoms with Gasteiger partial charge in [-0.25, -0.2) is 22.8 Å². The SMILES string of the molecule is CC(C)(C)OC(=O)N1CCN(c2cccc3c2C(C)(C)C(=O)C3Cc2cccc(F)c2)CC1.CC(C)(C)OC(=O)N1CCN(c2cccc3c2CC(=O)C3Cc2cccc(F)c2)CC1.CC1(C)C(=O)C(Cc2cccc(F)c2)c2cccc(N3CCNCC3)c21. The first-order valence-corrected chi connectivity index (χ1v) is 31.8. The minimum Gasteiger partial charge on any atom is -0.444 e. The molecule has 3 saturated heterocycles. The van der Waals surface area contributed by atoms with Crippen LogP contribution < -0.4 is 20.0 Å². The quantitative estimate of drug-likeness (QED) is 0.148. The number of ketones is 3. The summed E-state index contributed by atoms with van der Waals surface area (Å²) in [5.41, 5.74) is 10.1. The fourth-order valence-corrected chi connectivity index (χ4v) is 14.0. The zero-order valence-corrected chi connectivity index (χ0v) is 53.9. The first-order chi connectivity index (χ1) is 42.7. The van der Waals surface area contributed by atoms with Crippen LogP contribution in [0.15, 0.2) is 127 Å². The Morgan fingerprint density at radius 3 is 1.20 bits per heavy atom. The van der Waals surface area contributed by atoms with Crippen molar-refractivity contribution in [2.75, 3.05) is 93.2 Å². The molecule has 90 heavy (non-hydrogen) atoms. The van der Waals surface area contributed by atoms with Gasteiger partial charge >= 0.3 is 12.2 Å². The van der Waals surface area contributed by atoms with Gasteiger partial charge in [0.15, 0.2) is 11.6 Å². The minimum absolute atomic E-state index is 0.168. The Kier molecular flexibility index (Phi) is 19.1. The van der Waals surface area contributed by atoms with E-state index in [0.717, 1.165) is 87.6 Å². The summed E-state index contributed by atoms with van der Waals surface area (Å²) in [5, 5.41) is 3.38. The summed E-state index contributed by atoms with van der Waals surface area (Å²) in [7, 11) is 0. The Morgan fingerprint density at radius 2 is 0.811 bits per heavy atom. The molecule has 0 saturated carbocycles. The maximum atomic E-state index is 13.7. The van der Waals surface area contributed by atoms with E-state index in [1.165, 1.54) is 36.0 Å². The maximum absolute atomic E-state index is 13.7. The molecule has 3 aliphatic heterocycles. The minimum atomic E-state index is -0.633. The average molecular weight is 1230 g/mol. The van der Waals surface area contributed by atoms with Gasteiger partial charge in [-0.1, -0.05) is 72.8 Å². The molecule has 12 rings (SSSR count). The average Bonchev–Trinajstić information content (AvgIpc) is 1.59. The number of Topliss-reactive ketones (excluding diaryl/α,β-unsaturated/α-hetero) is 3. The molecule has 3 heterocycles. The number of ether oxygens (including phenoxy) is 2. The van der Waals surface area contributed by atoms with Gasteiger partial charge < -0.3 is 39.3 Å². The topological polar surface area (TPSA) is 132 Å². The lowest BCUT2D eigenvalue weighted by atomic mass is 9.83. The van der Waals surface area contributed by atoms with Crippen LogP contribution in [0.3, 0.4) is 0 Å². The van der Waals surface area contributed by atoms with Crippen molar-refractivity contribution in [2.45, 2.75) is 135 Å². The monoisotopic (exact) mass is 1230 g/mol. The molecule has 3 aliphatic carbocycles. The molecule has 3 fully saturated rings. The third-order valence-corrected chi connectivity index (χ3v) is 18.3. The van der Waals surface area contributed by atoms with E-state index in [2.05, 4.69) is 50.3 Å². The Hall–Kier alpha value is -7.98. The number of piperazine rings is 3. The zero-order valence-electron chi connectivity index (χ0n) is 53.9. The molecule has 0 spiro atoms. The van der Waals surface area contributed by atoms with Crippen LogP contribution in [0.25, 0.3) is 0 Å². The number of nitrogens with one attached hydrogen (secondary N) is 1. The van der Waals surface area contributed by atoms with Crippen LogP contribution in [0.5, 0.6) is 0 Å². The van der Waals surface area contributed by atoms with E-state index in [4.69, 9.17) is 9.47 Å². The molecular formula is C74H87F3N6O7. The third kappa shape index (κ3) is 14.4. The first kappa shape index (κ1) is 65.0. The Morgan fingerprint density at radius 1 is 0.467 bits per heavy atom. The van der Waals surface area contributed by atoms with E-state index >= 15 is 0 Å². The van der Waals surface area contributed by atoms with Gasteiger partial charge in [0.1, 0.15) is 34.4 Å². The molecule has 0 bridgehead atoms. The molecule has 476 valence electrons. The van der Waals surface area contributed by atoms with Crippen LogP contribution in [0.4, 0.5) is 39.8 Å². The van der Waals surface area contributed by atoms with Gasteiger partial charge in [0.05, 0.1) is 10.8 Å². The van der Waals surface area contributed by atoms with Crippen molar-refractivity contribution in [3.63, 3.8) is 0 Å². The molecular weight excluding hydrogens is 1140 g/mol. The number of amides is 2. The van der Waals surface area contributed by atoms with Gasteiger partial charge in [-0.2, -0.15) is 0 Å². The molecule has 6 aromatic rings. The second-order valence-electron chi connectivity index (χ2n) is 27.8. The largest absolute Gasteiger partial charge is 0.444 e. The molecule has 13 nitrogen and oxygen atoms in total. The fourth-order valence-electron chi connectivity index (χ4n) is 14.0. The van der Waals surface area contributed by atoms with E-state index in [-0.39, 0.29) is 64.7 Å². The third-order valence-electron chi connectivity index (χ3n) is 18.3. The van der Waals surface area contributed by atoms with Gasteiger partial charge in [-0.15, -0.1) is 0 Å². The second kappa shape index (κ2) is 26.5. The van der Waals surface area contributed by atoms with Crippen LogP contribution in [0, 0.1) is 17.5 Å². The standard InChI is InChI=1S/C27H33FN2O3.C25H29FN2O3.C22H25FN2O/c1-26(2,3)33-25(32)30-14-12-29(13-15-30)22-11-7-10-20-21(24(31)27(4,5)23(20)22)17-18-8-6-9-19(28)16-18;1-25(2,3)31-24(30)28-12-10-27(11-13-28)22-9-5-8-19-20(22)16-23(29)21(19)15-17-6-4-7-18(26)14-17;1-22(2)20-17(7-4-8-19(20)25-11-9-24-10-12-25)18(21(22)26)14-15-5-3-6-16(23)13-15/h6-11,16,21H,12-15,17H2,1-5H3;4-9,14,21H,10-13,15-16H2,1-3H3;3-8,13,18,24H,9-12,14H2,1-2H3. The van der Waals surface area contributed by atoms with E-state index in [0.29, 0.717) is 78.0 Å². The molecule has 6 aliphatic rings. The summed E-state index contributed by atoms with van der Waals surface area (Å²) in [6, 6.07) is 38.0. The van der Waals surface area contributed by atoms with Crippen molar-refractivity contribution in [2.24, 2.45) is 0 Å². The van der Waals surface area contributed by atoms with Gasteiger partial charge in [0.25, 0.3) is 0 Å². The summed E-state index contributed by atoms with van der Waals surface area (Å²) in [6.45, 7) is 28.1. The number of carbonyl (C=O) groups excluding carboxylic acids is 5. The van der Waals surface area contributed by atoms with Crippen molar-refractivity contribution < 1.29 is 46.6 Å². The predicted molar refractivity (Wildman–Crippen MR) is 348 cm³/mol. The number of carbonyl (C=O) groups is 5. The number of anilines is 3. The lowest BCUT2D eigenvalue weighted by molar-refractivity contribution is -0.124. The molecule has 3 unspecified atom stereocenters. The number of rotatable bonds is 9. The molecule has 6 aromatic carbocycles. The maximum Gasteiger partial charge on any atom is 0.410 e. The Bertz CT molecular complexity index is 3640. The first-order valence-electron chi connectivity index (χ1n) is 31.8. The fraction of sp³-hybridized carbons (Fsp3) is 0.446. The van der Waals surface area contributed by atoms with Crippen molar-refractivity contribution in [1.82, 2.24) is 15.1 Å². The highest BCUT2D eigenvalue weighted by atomic mass is 19.1. The molecule has 0 aromatic heterocycles. The summed E-state index contributed by atoms with van der Waals surface area (Å²) in [4.78, 5) is 74.8. The summed E-state index contributed by atoms with van der Waals surface area (Å²) in [6.07, 6.45) is 1.39. The van der Waals surface area contributed by atoms with Gasteiger partial charge in [0.2, 0.25) is 0 Å². The van der Waals surface area contributed by atoms with Crippen LogP contribution >= 0.6 is 0 Å². The van der Waals surface area contributed by atoms with Crippen molar-refractivity contribution in [1.29, 1.82) is 0 Å². The van der Waals surface area contributed by atoms with Crippen molar-refractivity contribution >= 4 is 46.6 Å². The summed E-state index contributed by atoms with van der Waals surface area (Å²) in [5.74, 6) is -0.958. The highest BCUT2D eigenvalue weighted by Gasteiger charge is 2.49. The van der Waals surface area contributed by atoms with Gasteiger partial charge in [-0.3, -0.25) is 14.4 Å². The zero-order chi connectivity index (χ0) is 64.5. The Balaban J connectivity index is 0.000000149. The molecule has 1 N–H and O–H groups in total. The summed E-state index contributed by atoms with van der Waals surface area (Å²) >= 11 is 0. The van der Waals surface area contributed by atoms with E-state index in [1.807, 2.05) is 112 Å². The number of hydrogen-bond acceptors (Lipinski definition) is 11. The van der Waals surface area contributed by atoms with Crippen molar-refractivity contribution in [3.05, 3.63) is 195 Å². The number of hydrogen-bond donors (Lipinski definition) is 1. The van der Waals surface area contributed by atoms with Crippen LogP contribution in [-0.2, 0) is 60.4 Å². The van der Waals surface area contributed by atoms with Crippen LogP contribution in [0.1, 0.15) is 137 Å². The van der Waals surface area contributed by atoms with E-state index < -0.39 is 22.0 Å².